The van der Waals surface area contributed by atoms with Crippen LogP contribution in [0.4, 0.5) is 0 Å². The third-order valence-corrected chi connectivity index (χ3v) is 3.38. The first kappa shape index (κ1) is 16.3. The van der Waals surface area contributed by atoms with Gasteiger partial charge in [0, 0.05) is 12.2 Å². The van der Waals surface area contributed by atoms with Gasteiger partial charge >= 0.3 is 0 Å². The van der Waals surface area contributed by atoms with Gasteiger partial charge < -0.3 is 5.32 Å². The predicted molar refractivity (Wildman–Crippen MR) is 90.1 cm³/mol. The molecule has 1 heteroatoms. The van der Waals surface area contributed by atoms with Crippen molar-refractivity contribution in [2.75, 3.05) is 6.54 Å². The van der Waals surface area contributed by atoms with Crippen molar-refractivity contribution in [2.24, 2.45) is 0 Å². The molecule has 0 saturated heterocycles. The van der Waals surface area contributed by atoms with Gasteiger partial charge in [0.25, 0.3) is 0 Å². The summed E-state index contributed by atoms with van der Waals surface area (Å²) in [5.41, 5.74) is 5.16. The maximum absolute atomic E-state index is 3.99. The summed E-state index contributed by atoms with van der Waals surface area (Å²) in [6.07, 6.45) is 9.03. The van der Waals surface area contributed by atoms with Crippen molar-refractivity contribution < 1.29 is 0 Å². The van der Waals surface area contributed by atoms with Gasteiger partial charge in [0.15, 0.2) is 0 Å². The fourth-order valence-electron chi connectivity index (χ4n) is 2.06. The van der Waals surface area contributed by atoms with Crippen molar-refractivity contribution in [2.45, 2.75) is 40.0 Å². The Hall–Kier alpha value is -1.76. The molecule has 1 aromatic rings. The summed E-state index contributed by atoms with van der Waals surface area (Å²) < 4.78 is 0. The minimum atomic E-state index is 0.595. The molecule has 20 heavy (non-hydrogen) atoms. The van der Waals surface area contributed by atoms with E-state index in [0.29, 0.717) is 5.92 Å². The van der Waals surface area contributed by atoms with E-state index < -0.39 is 0 Å². The molecule has 0 radical (unpaired) electrons. The van der Waals surface area contributed by atoms with E-state index in [0.717, 1.165) is 18.7 Å². The summed E-state index contributed by atoms with van der Waals surface area (Å²) in [6, 6.07) is 6.80. The highest BCUT2D eigenvalue weighted by molar-refractivity contribution is 5.33. The molecule has 1 N–H and O–H groups in total. The van der Waals surface area contributed by atoms with E-state index in [1.807, 2.05) is 31.2 Å². The van der Waals surface area contributed by atoms with Crippen LogP contribution in [0.15, 0.2) is 54.8 Å². The Morgan fingerprint density at radius 2 is 2.05 bits per heavy atom. The van der Waals surface area contributed by atoms with Crippen molar-refractivity contribution in [1.29, 1.82) is 0 Å². The number of allylic oxidation sites excluding steroid dienone is 4. The quantitative estimate of drug-likeness (QED) is 0.694. The van der Waals surface area contributed by atoms with E-state index in [9.17, 15) is 0 Å². The van der Waals surface area contributed by atoms with Gasteiger partial charge in [-0.2, -0.15) is 0 Å². The third-order valence-electron chi connectivity index (χ3n) is 3.38. The minimum Gasteiger partial charge on any atom is -0.385 e. The lowest BCUT2D eigenvalue weighted by molar-refractivity contribution is 0.800. The van der Waals surface area contributed by atoms with E-state index >= 15 is 0 Å². The van der Waals surface area contributed by atoms with Crippen molar-refractivity contribution >= 4 is 0 Å². The first-order valence-corrected chi connectivity index (χ1v) is 7.36. The molecule has 0 heterocycles. The molecule has 0 aromatic heterocycles. The normalized spacial score (nSPS) is 11.7. The van der Waals surface area contributed by atoms with Crippen LogP contribution in [0.25, 0.3) is 0 Å². The summed E-state index contributed by atoms with van der Waals surface area (Å²) in [5, 5.41) is 3.34. The molecule has 0 amide bonds. The molecule has 0 bridgehead atoms. The number of rotatable bonds is 7. The van der Waals surface area contributed by atoms with Crippen LogP contribution in [0.5, 0.6) is 0 Å². The lowest BCUT2D eigenvalue weighted by atomic mass is 9.97. The van der Waals surface area contributed by atoms with Crippen molar-refractivity contribution in [1.82, 2.24) is 5.32 Å². The van der Waals surface area contributed by atoms with Crippen LogP contribution in [-0.4, -0.2) is 6.54 Å². The Bertz CT molecular complexity index is 492. The molecule has 0 aliphatic rings. The van der Waals surface area contributed by atoms with Crippen molar-refractivity contribution in [3.8, 4) is 0 Å². The number of hydrogen-bond acceptors (Lipinski definition) is 1. The third kappa shape index (κ3) is 5.48. The average molecular weight is 269 g/mol. The largest absolute Gasteiger partial charge is 0.385 e. The molecular weight excluding hydrogens is 242 g/mol. The second kappa shape index (κ2) is 8.42. The molecule has 0 aliphatic heterocycles. The Morgan fingerprint density at radius 1 is 1.30 bits per heavy atom. The van der Waals surface area contributed by atoms with Crippen LogP contribution < -0.4 is 5.32 Å². The Balaban J connectivity index is 2.48. The molecule has 0 spiro atoms. The molecule has 0 unspecified atom stereocenters. The fraction of sp³-hybridized carbons (Fsp3) is 0.368. The number of hydrogen-bond donors (Lipinski definition) is 1. The van der Waals surface area contributed by atoms with E-state index in [4.69, 9.17) is 0 Å². The maximum atomic E-state index is 3.99. The minimum absolute atomic E-state index is 0.595. The average Bonchev–Trinajstić information content (AvgIpc) is 2.40. The van der Waals surface area contributed by atoms with Gasteiger partial charge in [-0.25, -0.2) is 0 Å². The highest BCUT2D eigenvalue weighted by Crippen LogP contribution is 2.18. The standard InChI is InChI=1S/C19H27N/c1-6-7-8-9-17(5)20-13-12-18-10-11-19(15(2)3)14-16(18)4/h6-11,14-15,20H,5,12-13H2,1-4H3/b7-6-,9-8-. The Kier molecular flexibility index (Phi) is 6.86. The molecule has 0 atom stereocenters. The van der Waals surface area contributed by atoms with E-state index in [1.54, 1.807) is 0 Å². The molecule has 1 aromatic carbocycles. The van der Waals surface area contributed by atoms with Crippen LogP contribution in [0.3, 0.4) is 0 Å². The summed E-state index contributed by atoms with van der Waals surface area (Å²) in [7, 11) is 0. The van der Waals surface area contributed by atoms with Crippen LogP contribution in [0, 0.1) is 6.92 Å². The van der Waals surface area contributed by atoms with Gasteiger partial charge in [0.1, 0.15) is 0 Å². The van der Waals surface area contributed by atoms with Gasteiger partial charge in [-0.1, -0.05) is 56.9 Å². The Labute approximate surface area is 124 Å². The van der Waals surface area contributed by atoms with Crippen LogP contribution in [0.2, 0.25) is 0 Å². The summed E-state index contributed by atoms with van der Waals surface area (Å²) in [5.74, 6) is 0.595. The summed E-state index contributed by atoms with van der Waals surface area (Å²) >= 11 is 0. The topological polar surface area (TPSA) is 12.0 Å². The molecule has 1 rings (SSSR count). The zero-order valence-corrected chi connectivity index (χ0v) is 13.2. The van der Waals surface area contributed by atoms with Gasteiger partial charge in [0.05, 0.1) is 0 Å². The predicted octanol–water partition coefficient (Wildman–Crippen LogP) is 4.90. The van der Waals surface area contributed by atoms with Crippen molar-refractivity contribution in [3.05, 3.63) is 71.5 Å². The van der Waals surface area contributed by atoms with Crippen molar-refractivity contribution in [3.63, 3.8) is 0 Å². The summed E-state index contributed by atoms with van der Waals surface area (Å²) in [6.45, 7) is 13.6. The zero-order valence-electron chi connectivity index (χ0n) is 13.2. The smallest absolute Gasteiger partial charge is 0.0267 e. The van der Waals surface area contributed by atoms with E-state index in [-0.39, 0.29) is 0 Å². The highest BCUT2D eigenvalue weighted by Gasteiger charge is 2.03. The molecule has 1 nitrogen and oxygen atoms in total. The SMILES string of the molecule is C=C(/C=C\C=C/C)NCCc1ccc(C(C)C)cc1C. The monoisotopic (exact) mass is 269 g/mol. The Morgan fingerprint density at radius 3 is 2.65 bits per heavy atom. The lowest BCUT2D eigenvalue weighted by Crippen LogP contribution is -2.15. The van der Waals surface area contributed by atoms with Gasteiger partial charge in [-0.05, 0) is 49.0 Å². The molecular formula is C19H27N. The van der Waals surface area contributed by atoms with Gasteiger partial charge in [0.2, 0.25) is 0 Å². The second-order valence-corrected chi connectivity index (χ2v) is 5.43. The molecule has 0 fully saturated rings. The van der Waals surface area contributed by atoms with E-state index in [2.05, 4.69) is 50.9 Å². The lowest BCUT2D eigenvalue weighted by Gasteiger charge is -2.12. The highest BCUT2D eigenvalue weighted by atomic mass is 14.9. The second-order valence-electron chi connectivity index (χ2n) is 5.43. The van der Waals surface area contributed by atoms with Gasteiger partial charge in [-0.15, -0.1) is 0 Å². The number of benzene rings is 1. The molecule has 108 valence electrons. The summed E-state index contributed by atoms with van der Waals surface area (Å²) in [4.78, 5) is 0. The van der Waals surface area contributed by atoms with Crippen LogP contribution in [-0.2, 0) is 6.42 Å². The molecule has 0 saturated carbocycles. The van der Waals surface area contributed by atoms with Crippen LogP contribution in [0.1, 0.15) is 43.4 Å². The first-order valence-electron chi connectivity index (χ1n) is 7.36. The first-order chi connectivity index (χ1) is 9.54. The van der Waals surface area contributed by atoms with Crippen LogP contribution >= 0.6 is 0 Å². The maximum Gasteiger partial charge on any atom is 0.0267 e. The fourth-order valence-corrected chi connectivity index (χ4v) is 2.06. The zero-order chi connectivity index (χ0) is 15.0. The van der Waals surface area contributed by atoms with E-state index in [1.165, 1.54) is 16.7 Å². The number of nitrogens with one attached hydrogen (secondary N) is 1. The number of aryl methyl sites for hydroxylation is 1. The molecule has 0 aliphatic carbocycles. The van der Waals surface area contributed by atoms with Gasteiger partial charge in [-0.3, -0.25) is 0 Å².